The molecule has 1 aromatic heterocycles. The fraction of sp³-hybridized carbons (Fsp3) is 0.385. The Hall–Kier alpha value is -1.60. The number of carboxylic acid groups (broad SMARTS) is 1. The molecule has 1 fully saturated rings. The van der Waals surface area contributed by atoms with Gasteiger partial charge in [0, 0.05) is 12.6 Å². The maximum Gasteiger partial charge on any atom is 0.305 e. The Kier molecular flexibility index (Phi) is 4.97. The minimum absolute atomic E-state index is 0.119. The van der Waals surface area contributed by atoms with Gasteiger partial charge in [-0.1, -0.05) is 0 Å². The Labute approximate surface area is 124 Å². The summed E-state index contributed by atoms with van der Waals surface area (Å²) in [6, 6.07) is 3.02. The monoisotopic (exact) mass is 343 g/mol. The molecule has 1 aliphatic heterocycles. The molecular formula is C13H14BrNO5. The van der Waals surface area contributed by atoms with Crippen LogP contribution >= 0.6 is 15.9 Å². The fourth-order valence-electron chi connectivity index (χ4n) is 1.98. The number of rotatable bonds is 4. The van der Waals surface area contributed by atoms with Crippen LogP contribution in [0, 0.1) is 0 Å². The van der Waals surface area contributed by atoms with Gasteiger partial charge in [-0.3, -0.25) is 9.59 Å². The van der Waals surface area contributed by atoms with E-state index in [2.05, 4.69) is 15.9 Å². The average Bonchev–Trinajstić information content (AvgIpc) is 2.82. The number of hydrogen-bond acceptors (Lipinski definition) is 4. The van der Waals surface area contributed by atoms with Crippen molar-refractivity contribution in [3.63, 3.8) is 0 Å². The molecule has 1 atom stereocenters. The number of aliphatic carboxylic acids is 1. The average molecular weight is 344 g/mol. The number of amides is 1. The van der Waals surface area contributed by atoms with Crippen LogP contribution in [0.2, 0.25) is 0 Å². The summed E-state index contributed by atoms with van der Waals surface area (Å²) >= 11 is 3.17. The third-order valence-electron chi connectivity index (χ3n) is 2.91. The lowest BCUT2D eigenvalue weighted by Gasteiger charge is -2.34. The van der Waals surface area contributed by atoms with E-state index in [1.807, 2.05) is 0 Å². The smallest absolute Gasteiger partial charge is 0.305 e. The fourth-order valence-corrected chi connectivity index (χ4v) is 2.30. The third-order valence-corrected chi connectivity index (χ3v) is 3.33. The predicted octanol–water partition coefficient (Wildman–Crippen LogP) is 1.76. The van der Waals surface area contributed by atoms with Crippen molar-refractivity contribution in [2.24, 2.45) is 0 Å². The minimum atomic E-state index is -0.947. The molecule has 0 radical (unpaired) electrons. The first-order chi connectivity index (χ1) is 9.56. The summed E-state index contributed by atoms with van der Waals surface area (Å²) in [5.41, 5.74) is 0. The Morgan fingerprint density at radius 1 is 1.50 bits per heavy atom. The molecule has 1 amide bonds. The van der Waals surface area contributed by atoms with Gasteiger partial charge >= 0.3 is 5.97 Å². The highest BCUT2D eigenvalue weighted by Gasteiger charge is 2.27. The lowest BCUT2D eigenvalue weighted by atomic mass is 10.1. The van der Waals surface area contributed by atoms with E-state index >= 15 is 0 Å². The molecule has 1 aromatic rings. The summed E-state index contributed by atoms with van der Waals surface area (Å²) in [5.74, 6) is -0.641. The van der Waals surface area contributed by atoms with Crippen LogP contribution in [-0.4, -0.2) is 47.7 Å². The molecule has 0 bridgehead atoms. The van der Waals surface area contributed by atoms with Gasteiger partial charge in [0.25, 0.3) is 0 Å². The van der Waals surface area contributed by atoms with Gasteiger partial charge in [-0.25, -0.2) is 0 Å². The van der Waals surface area contributed by atoms with Gasteiger partial charge in [-0.15, -0.1) is 0 Å². The highest BCUT2D eigenvalue weighted by atomic mass is 79.9. The maximum atomic E-state index is 12.1. The summed E-state index contributed by atoms with van der Waals surface area (Å²) in [6.07, 6.45) is 2.82. The van der Waals surface area contributed by atoms with Gasteiger partial charge in [0.1, 0.15) is 5.76 Å². The molecular weight excluding hydrogens is 330 g/mol. The Bertz CT molecular complexity index is 525. The van der Waals surface area contributed by atoms with E-state index in [0.29, 0.717) is 23.6 Å². The number of nitrogens with zero attached hydrogens (tertiary/aromatic N) is 1. The first-order valence-electron chi connectivity index (χ1n) is 6.10. The van der Waals surface area contributed by atoms with Crippen molar-refractivity contribution in [3.8, 4) is 0 Å². The number of halogens is 1. The summed E-state index contributed by atoms with van der Waals surface area (Å²) in [4.78, 5) is 24.4. The van der Waals surface area contributed by atoms with Gasteiger partial charge in [0.05, 0.1) is 25.7 Å². The van der Waals surface area contributed by atoms with Gasteiger partial charge in [-0.05, 0) is 34.1 Å². The number of ether oxygens (including phenoxy) is 1. The van der Waals surface area contributed by atoms with Crippen LogP contribution in [0.4, 0.5) is 0 Å². The van der Waals surface area contributed by atoms with Crippen molar-refractivity contribution in [2.75, 3.05) is 19.8 Å². The third kappa shape index (κ3) is 3.94. The van der Waals surface area contributed by atoms with E-state index in [4.69, 9.17) is 14.3 Å². The molecule has 0 spiro atoms. The number of carbonyl (C=O) groups excluding carboxylic acids is 1. The van der Waals surface area contributed by atoms with Crippen LogP contribution in [0.5, 0.6) is 0 Å². The van der Waals surface area contributed by atoms with Gasteiger partial charge in [0.15, 0.2) is 4.67 Å². The van der Waals surface area contributed by atoms with Gasteiger partial charge in [0.2, 0.25) is 5.91 Å². The van der Waals surface area contributed by atoms with E-state index in [-0.39, 0.29) is 18.9 Å². The van der Waals surface area contributed by atoms with Crippen molar-refractivity contribution >= 4 is 33.9 Å². The molecule has 108 valence electrons. The number of carboxylic acids is 1. The second-order valence-corrected chi connectivity index (χ2v) is 5.12. The number of furan rings is 1. The van der Waals surface area contributed by atoms with Crippen LogP contribution in [0.15, 0.2) is 27.3 Å². The first kappa shape index (κ1) is 14.8. The topological polar surface area (TPSA) is 80.0 Å². The second kappa shape index (κ2) is 6.71. The van der Waals surface area contributed by atoms with E-state index < -0.39 is 12.0 Å². The van der Waals surface area contributed by atoms with Gasteiger partial charge < -0.3 is 19.2 Å². The van der Waals surface area contributed by atoms with E-state index in [1.54, 1.807) is 18.2 Å². The molecule has 1 N–H and O–H groups in total. The molecule has 1 saturated heterocycles. The summed E-state index contributed by atoms with van der Waals surface area (Å²) in [7, 11) is 0. The molecule has 2 heterocycles. The zero-order chi connectivity index (χ0) is 14.5. The van der Waals surface area contributed by atoms with Crippen molar-refractivity contribution in [3.05, 3.63) is 28.6 Å². The van der Waals surface area contributed by atoms with Crippen molar-refractivity contribution < 1.29 is 23.8 Å². The number of carbonyl (C=O) groups is 2. The van der Waals surface area contributed by atoms with Crippen molar-refractivity contribution in [1.29, 1.82) is 0 Å². The van der Waals surface area contributed by atoms with E-state index in [0.717, 1.165) is 0 Å². The van der Waals surface area contributed by atoms with Crippen LogP contribution < -0.4 is 0 Å². The second-order valence-electron chi connectivity index (χ2n) is 4.33. The van der Waals surface area contributed by atoms with Crippen molar-refractivity contribution in [1.82, 2.24) is 4.90 Å². The normalized spacial score (nSPS) is 19.4. The quantitative estimate of drug-likeness (QED) is 0.842. The molecule has 1 aliphatic rings. The molecule has 1 unspecified atom stereocenters. The van der Waals surface area contributed by atoms with E-state index in [9.17, 15) is 9.59 Å². The Morgan fingerprint density at radius 3 is 2.95 bits per heavy atom. The number of morpholine rings is 1. The molecule has 0 aliphatic carbocycles. The molecule has 20 heavy (non-hydrogen) atoms. The Morgan fingerprint density at radius 2 is 2.30 bits per heavy atom. The summed E-state index contributed by atoms with van der Waals surface area (Å²) in [6.45, 7) is 1.06. The zero-order valence-corrected chi connectivity index (χ0v) is 12.2. The summed E-state index contributed by atoms with van der Waals surface area (Å²) < 4.78 is 11.1. The maximum absolute atomic E-state index is 12.1. The van der Waals surface area contributed by atoms with Crippen LogP contribution in [0.25, 0.3) is 6.08 Å². The Balaban J connectivity index is 2.02. The highest BCUT2D eigenvalue weighted by molar-refractivity contribution is 9.10. The molecule has 2 rings (SSSR count). The van der Waals surface area contributed by atoms with E-state index in [1.165, 1.54) is 11.0 Å². The summed E-state index contributed by atoms with van der Waals surface area (Å²) in [5, 5.41) is 8.84. The van der Waals surface area contributed by atoms with Crippen molar-refractivity contribution in [2.45, 2.75) is 12.5 Å². The highest BCUT2D eigenvalue weighted by Crippen LogP contribution is 2.16. The lowest BCUT2D eigenvalue weighted by molar-refractivity contribution is -0.143. The predicted molar refractivity (Wildman–Crippen MR) is 74.0 cm³/mol. The zero-order valence-electron chi connectivity index (χ0n) is 10.6. The van der Waals surface area contributed by atoms with Crippen LogP contribution in [-0.2, 0) is 14.3 Å². The molecule has 6 nitrogen and oxygen atoms in total. The largest absolute Gasteiger partial charge is 0.481 e. The standard InChI is InChI=1S/C13H14BrNO5/c14-11-3-1-10(20-11)2-4-12(16)15-5-6-19-8-9(15)7-13(17)18/h1-4,9H,5-8H2,(H,17,18)/b4-2+. The number of hydrogen-bond donors (Lipinski definition) is 1. The first-order valence-corrected chi connectivity index (χ1v) is 6.89. The molecule has 7 heteroatoms. The minimum Gasteiger partial charge on any atom is -0.481 e. The van der Waals surface area contributed by atoms with Gasteiger partial charge in [-0.2, -0.15) is 0 Å². The van der Waals surface area contributed by atoms with Crippen LogP contribution in [0.3, 0.4) is 0 Å². The van der Waals surface area contributed by atoms with Crippen LogP contribution in [0.1, 0.15) is 12.2 Å². The lowest BCUT2D eigenvalue weighted by Crippen LogP contribution is -2.49. The molecule has 0 aromatic carbocycles. The SMILES string of the molecule is O=C(O)CC1COCCN1C(=O)/C=C/c1ccc(Br)o1. The molecule has 0 saturated carbocycles.